The lowest BCUT2D eigenvalue weighted by Crippen LogP contribution is -2.44. The van der Waals surface area contributed by atoms with E-state index >= 15 is 0 Å². The second kappa shape index (κ2) is 2.30. The second-order valence-corrected chi connectivity index (χ2v) is 3.49. The third-order valence-corrected chi connectivity index (χ3v) is 1.87. The average molecular weight is 156 g/mol. The van der Waals surface area contributed by atoms with Gasteiger partial charge in [-0.2, -0.15) is 0 Å². The van der Waals surface area contributed by atoms with Crippen LogP contribution in [-0.2, 0) is 9.59 Å². The number of imide groups is 1. The molecule has 0 aromatic rings. The summed E-state index contributed by atoms with van der Waals surface area (Å²) in [6.07, 6.45) is 0.225. The molecule has 1 fully saturated rings. The lowest BCUT2D eigenvalue weighted by molar-refractivity contribution is -0.126. The first-order valence-corrected chi connectivity index (χ1v) is 3.54. The molecule has 2 amide bonds. The van der Waals surface area contributed by atoms with Gasteiger partial charge in [-0.25, -0.2) is 0 Å². The Kier molecular flexibility index (Phi) is 1.72. The Hall–Kier alpha value is -0.900. The van der Waals surface area contributed by atoms with Crippen molar-refractivity contribution < 1.29 is 9.59 Å². The van der Waals surface area contributed by atoms with Crippen LogP contribution >= 0.6 is 0 Å². The fourth-order valence-corrected chi connectivity index (χ4v) is 1.15. The van der Waals surface area contributed by atoms with Crippen LogP contribution in [0.2, 0.25) is 0 Å². The number of amides is 2. The Morgan fingerprint density at radius 1 is 1.55 bits per heavy atom. The van der Waals surface area contributed by atoms with Gasteiger partial charge in [-0.1, -0.05) is 0 Å². The van der Waals surface area contributed by atoms with Crippen LogP contribution in [-0.4, -0.2) is 17.4 Å². The molecule has 1 atom stereocenters. The Morgan fingerprint density at radius 2 is 2.09 bits per heavy atom. The highest BCUT2D eigenvalue weighted by Gasteiger charge is 2.39. The van der Waals surface area contributed by atoms with E-state index in [-0.39, 0.29) is 24.2 Å². The van der Waals surface area contributed by atoms with Gasteiger partial charge in [0.25, 0.3) is 0 Å². The van der Waals surface area contributed by atoms with E-state index in [0.29, 0.717) is 0 Å². The van der Waals surface area contributed by atoms with Crippen LogP contribution < -0.4 is 11.1 Å². The summed E-state index contributed by atoms with van der Waals surface area (Å²) in [6, 6.07) is 0. The van der Waals surface area contributed by atoms with Crippen molar-refractivity contribution in [2.75, 3.05) is 0 Å². The van der Waals surface area contributed by atoms with E-state index in [9.17, 15) is 9.59 Å². The number of carbonyl (C=O) groups is 2. The Morgan fingerprint density at radius 3 is 2.27 bits per heavy atom. The van der Waals surface area contributed by atoms with Gasteiger partial charge in [-0.05, 0) is 13.8 Å². The number of hydrogen-bond acceptors (Lipinski definition) is 3. The highest BCUT2D eigenvalue weighted by Crippen LogP contribution is 2.21. The Bertz CT molecular complexity index is 205. The molecule has 62 valence electrons. The number of nitrogens with one attached hydrogen (secondary N) is 1. The first-order chi connectivity index (χ1) is 4.91. The van der Waals surface area contributed by atoms with Crippen LogP contribution in [0, 0.1) is 5.92 Å². The Labute approximate surface area is 65.1 Å². The summed E-state index contributed by atoms with van der Waals surface area (Å²) in [6.45, 7) is 3.49. The average Bonchev–Trinajstić information content (AvgIpc) is 2.08. The molecule has 0 bridgehead atoms. The maximum atomic E-state index is 11.0. The summed E-state index contributed by atoms with van der Waals surface area (Å²) >= 11 is 0. The zero-order chi connectivity index (χ0) is 8.65. The van der Waals surface area contributed by atoms with E-state index < -0.39 is 5.54 Å². The van der Waals surface area contributed by atoms with Crippen LogP contribution in [0.15, 0.2) is 0 Å². The van der Waals surface area contributed by atoms with Crippen molar-refractivity contribution in [2.45, 2.75) is 25.8 Å². The highest BCUT2D eigenvalue weighted by molar-refractivity contribution is 6.04. The Balaban J connectivity index is 2.76. The topological polar surface area (TPSA) is 72.2 Å². The van der Waals surface area contributed by atoms with Crippen molar-refractivity contribution in [1.82, 2.24) is 5.32 Å². The van der Waals surface area contributed by atoms with Crippen LogP contribution in [0.4, 0.5) is 0 Å². The molecule has 0 aliphatic carbocycles. The van der Waals surface area contributed by atoms with Crippen LogP contribution in [0.3, 0.4) is 0 Å². The maximum absolute atomic E-state index is 11.0. The minimum absolute atomic E-state index is 0.224. The van der Waals surface area contributed by atoms with Gasteiger partial charge in [0.15, 0.2) is 0 Å². The minimum atomic E-state index is -0.601. The molecular weight excluding hydrogens is 144 g/mol. The smallest absolute Gasteiger partial charge is 0.232 e. The number of rotatable bonds is 1. The first kappa shape index (κ1) is 8.20. The molecule has 4 heteroatoms. The standard InChI is InChI=1S/C7H12N2O2/c1-7(2,8)4-3-5(10)9-6(4)11/h4H,3,8H2,1-2H3,(H,9,10,11). The zero-order valence-electron chi connectivity index (χ0n) is 6.68. The molecule has 0 radical (unpaired) electrons. The number of nitrogens with two attached hydrogens (primary N) is 1. The lowest BCUT2D eigenvalue weighted by atomic mass is 9.87. The quantitative estimate of drug-likeness (QED) is 0.497. The summed E-state index contributed by atoms with van der Waals surface area (Å²) in [4.78, 5) is 21.7. The fourth-order valence-electron chi connectivity index (χ4n) is 1.15. The molecular formula is C7H12N2O2. The minimum Gasteiger partial charge on any atom is -0.325 e. The molecule has 11 heavy (non-hydrogen) atoms. The predicted octanol–water partition coefficient (Wildman–Crippen LogP) is -0.614. The molecule has 1 rings (SSSR count). The molecule has 0 spiro atoms. The summed E-state index contributed by atoms with van der Waals surface area (Å²) in [7, 11) is 0. The molecule has 0 saturated carbocycles. The van der Waals surface area contributed by atoms with Crippen molar-refractivity contribution in [3.8, 4) is 0 Å². The highest BCUT2D eigenvalue weighted by atomic mass is 16.2. The molecule has 1 aliphatic heterocycles. The van der Waals surface area contributed by atoms with Crippen LogP contribution in [0.25, 0.3) is 0 Å². The maximum Gasteiger partial charge on any atom is 0.232 e. The molecule has 3 N–H and O–H groups in total. The molecule has 1 aliphatic rings. The number of hydrogen-bond donors (Lipinski definition) is 2. The van der Waals surface area contributed by atoms with Crippen molar-refractivity contribution in [2.24, 2.45) is 11.7 Å². The summed E-state index contributed by atoms with van der Waals surface area (Å²) in [5.41, 5.74) is 5.08. The van der Waals surface area contributed by atoms with Crippen molar-refractivity contribution in [1.29, 1.82) is 0 Å². The van der Waals surface area contributed by atoms with Gasteiger partial charge in [-0.15, -0.1) is 0 Å². The zero-order valence-corrected chi connectivity index (χ0v) is 6.68. The molecule has 1 heterocycles. The summed E-state index contributed by atoms with van der Waals surface area (Å²) in [5, 5.41) is 2.22. The van der Waals surface area contributed by atoms with Crippen molar-refractivity contribution in [3.63, 3.8) is 0 Å². The normalized spacial score (nSPS) is 25.5. The molecule has 1 unspecified atom stereocenters. The molecule has 0 aromatic heterocycles. The first-order valence-electron chi connectivity index (χ1n) is 3.54. The fraction of sp³-hybridized carbons (Fsp3) is 0.714. The van der Waals surface area contributed by atoms with E-state index in [0.717, 1.165) is 0 Å². The predicted molar refractivity (Wildman–Crippen MR) is 39.5 cm³/mol. The van der Waals surface area contributed by atoms with E-state index in [1.807, 2.05) is 0 Å². The third kappa shape index (κ3) is 1.57. The number of carbonyl (C=O) groups excluding carboxylic acids is 2. The molecule has 0 aromatic carbocycles. The second-order valence-electron chi connectivity index (χ2n) is 3.49. The monoisotopic (exact) mass is 156 g/mol. The SMILES string of the molecule is CC(C)(N)C1CC(=O)NC1=O. The summed E-state index contributed by atoms with van der Waals surface area (Å²) < 4.78 is 0. The van der Waals surface area contributed by atoms with Gasteiger partial charge >= 0.3 is 0 Å². The van der Waals surface area contributed by atoms with E-state index in [4.69, 9.17) is 5.73 Å². The van der Waals surface area contributed by atoms with Gasteiger partial charge < -0.3 is 5.73 Å². The van der Waals surface area contributed by atoms with Gasteiger partial charge in [0, 0.05) is 12.0 Å². The van der Waals surface area contributed by atoms with Gasteiger partial charge in [0.05, 0.1) is 5.92 Å². The van der Waals surface area contributed by atoms with E-state index in [1.54, 1.807) is 13.8 Å². The van der Waals surface area contributed by atoms with Crippen molar-refractivity contribution >= 4 is 11.8 Å². The van der Waals surface area contributed by atoms with E-state index in [1.165, 1.54) is 0 Å². The van der Waals surface area contributed by atoms with E-state index in [2.05, 4.69) is 5.32 Å². The molecule has 4 nitrogen and oxygen atoms in total. The lowest BCUT2D eigenvalue weighted by Gasteiger charge is -2.23. The van der Waals surface area contributed by atoms with Gasteiger partial charge in [-0.3, -0.25) is 14.9 Å². The van der Waals surface area contributed by atoms with Gasteiger partial charge in [0.2, 0.25) is 11.8 Å². The van der Waals surface area contributed by atoms with Gasteiger partial charge in [0.1, 0.15) is 0 Å². The van der Waals surface area contributed by atoms with Crippen molar-refractivity contribution in [3.05, 3.63) is 0 Å². The molecule has 1 saturated heterocycles. The van der Waals surface area contributed by atoms with Crippen LogP contribution in [0.1, 0.15) is 20.3 Å². The third-order valence-electron chi connectivity index (χ3n) is 1.87. The largest absolute Gasteiger partial charge is 0.325 e. The van der Waals surface area contributed by atoms with Crippen LogP contribution in [0.5, 0.6) is 0 Å². The summed E-state index contributed by atoms with van der Waals surface area (Å²) in [5.74, 6) is -0.837.